The van der Waals surface area contributed by atoms with Crippen LogP contribution in [-0.4, -0.2) is 42.6 Å². The molecule has 1 amide bonds. The second kappa shape index (κ2) is 6.42. The van der Waals surface area contributed by atoms with E-state index in [0.29, 0.717) is 6.42 Å². The standard InChI is InChI=1S/C11H20N2O2.ClH/c12-9-3-1-5-13(8-9)11(14)7-10-4-2-6-15-10;/h9-10H,1-8,12H2;1H/t9-,10?;/m1./s1. The lowest BCUT2D eigenvalue weighted by atomic mass is 10.1. The number of likely N-dealkylation sites (tertiary alicyclic amines) is 1. The molecule has 2 aliphatic heterocycles. The van der Waals surface area contributed by atoms with Crippen molar-refractivity contribution in [3.63, 3.8) is 0 Å². The van der Waals surface area contributed by atoms with Crippen LogP contribution in [-0.2, 0) is 9.53 Å². The molecule has 2 N–H and O–H groups in total. The summed E-state index contributed by atoms with van der Waals surface area (Å²) in [5.74, 6) is 0.219. The van der Waals surface area contributed by atoms with Gasteiger partial charge in [-0.1, -0.05) is 0 Å². The first-order valence-electron chi connectivity index (χ1n) is 5.90. The van der Waals surface area contributed by atoms with Gasteiger partial charge in [-0.3, -0.25) is 4.79 Å². The maximum Gasteiger partial charge on any atom is 0.225 e. The summed E-state index contributed by atoms with van der Waals surface area (Å²) >= 11 is 0. The van der Waals surface area contributed by atoms with Crippen molar-refractivity contribution in [3.8, 4) is 0 Å². The lowest BCUT2D eigenvalue weighted by Gasteiger charge is -2.31. The third-order valence-electron chi connectivity index (χ3n) is 3.24. The minimum Gasteiger partial charge on any atom is -0.378 e. The molecule has 2 heterocycles. The van der Waals surface area contributed by atoms with Crippen LogP contribution in [0.1, 0.15) is 32.1 Å². The van der Waals surface area contributed by atoms with Gasteiger partial charge in [0.05, 0.1) is 12.5 Å². The molecule has 0 spiro atoms. The van der Waals surface area contributed by atoms with Gasteiger partial charge in [0.1, 0.15) is 0 Å². The maximum absolute atomic E-state index is 11.9. The van der Waals surface area contributed by atoms with E-state index in [9.17, 15) is 4.79 Å². The highest BCUT2D eigenvalue weighted by atomic mass is 35.5. The summed E-state index contributed by atoms with van der Waals surface area (Å²) in [7, 11) is 0. The van der Waals surface area contributed by atoms with Crippen molar-refractivity contribution in [1.29, 1.82) is 0 Å². The number of carbonyl (C=O) groups is 1. The smallest absolute Gasteiger partial charge is 0.225 e. The number of piperidine rings is 1. The fourth-order valence-electron chi connectivity index (χ4n) is 2.37. The third kappa shape index (κ3) is 3.61. The molecule has 0 aromatic heterocycles. The predicted molar refractivity (Wildman–Crippen MR) is 64.6 cm³/mol. The van der Waals surface area contributed by atoms with Crippen molar-refractivity contribution in [1.82, 2.24) is 4.90 Å². The van der Waals surface area contributed by atoms with Crippen LogP contribution in [0.4, 0.5) is 0 Å². The number of carbonyl (C=O) groups excluding carboxylic acids is 1. The largest absolute Gasteiger partial charge is 0.378 e. The fourth-order valence-corrected chi connectivity index (χ4v) is 2.37. The predicted octanol–water partition coefficient (Wildman–Crippen LogP) is 0.927. The first kappa shape index (κ1) is 13.7. The lowest BCUT2D eigenvalue weighted by molar-refractivity contribution is -0.134. The van der Waals surface area contributed by atoms with Crippen LogP contribution in [0.3, 0.4) is 0 Å². The average molecular weight is 249 g/mol. The van der Waals surface area contributed by atoms with Gasteiger partial charge < -0.3 is 15.4 Å². The summed E-state index contributed by atoms with van der Waals surface area (Å²) in [6.45, 7) is 2.42. The summed E-state index contributed by atoms with van der Waals surface area (Å²) in [5, 5.41) is 0. The molecule has 94 valence electrons. The van der Waals surface area contributed by atoms with E-state index >= 15 is 0 Å². The lowest BCUT2D eigenvalue weighted by Crippen LogP contribution is -2.46. The Morgan fingerprint density at radius 1 is 1.38 bits per heavy atom. The van der Waals surface area contributed by atoms with Crippen molar-refractivity contribution >= 4 is 18.3 Å². The molecule has 2 fully saturated rings. The van der Waals surface area contributed by atoms with Crippen molar-refractivity contribution in [2.24, 2.45) is 5.73 Å². The number of hydrogen-bond acceptors (Lipinski definition) is 3. The molecule has 16 heavy (non-hydrogen) atoms. The number of ether oxygens (including phenoxy) is 1. The molecule has 0 aliphatic carbocycles. The Hall–Kier alpha value is -0.320. The van der Waals surface area contributed by atoms with Gasteiger partial charge in [-0.15, -0.1) is 12.4 Å². The van der Waals surface area contributed by atoms with Crippen LogP contribution >= 0.6 is 12.4 Å². The molecule has 0 saturated carbocycles. The maximum atomic E-state index is 11.9. The molecule has 2 atom stereocenters. The minimum absolute atomic E-state index is 0. The Bertz CT molecular complexity index is 232. The summed E-state index contributed by atoms with van der Waals surface area (Å²) < 4.78 is 5.46. The van der Waals surface area contributed by atoms with Gasteiger partial charge in [0.2, 0.25) is 5.91 Å². The van der Waals surface area contributed by atoms with E-state index in [1.165, 1.54) is 0 Å². The van der Waals surface area contributed by atoms with Crippen molar-refractivity contribution in [2.75, 3.05) is 19.7 Å². The molecular weight excluding hydrogens is 228 g/mol. The van der Waals surface area contributed by atoms with Crippen LogP contribution < -0.4 is 5.73 Å². The molecule has 0 aromatic rings. The fraction of sp³-hybridized carbons (Fsp3) is 0.909. The Kier molecular flexibility index (Phi) is 5.52. The molecule has 0 bridgehead atoms. The topological polar surface area (TPSA) is 55.6 Å². The first-order valence-corrected chi connectivity index (χ1v) is 5.90. The summed E-state index contributed by atoms with van der Waals surface area (Å²) in [6, 6.07) is 0.173. The van der Waals surface area contributed by atoms with E-state index in [1.807, 2.05) is 4.90 Å². The number of rotatable bonds is 2. The van der Waals surface area contributed by atoms with Crippen LogP contribution in [0.15, 0.2) is 0 Å². The van der Waals surface area contributed by atoms with Gasteiger partial charge in [0.15, 0.2) is 0 Å². The zero-order valence-electron chi connectivity index (χ0n) is 9.56. The van der Waals surface area contributed by atoms with Crippen LogP contribution in [0.25, 0.3) is 0 Å². The van der Waals surface area contributed by atoms with Crippen molar-refractivity contribution < 1.29 is 9.53 Å². The summed E-state index contributed by atoms with van der Waals surface area (Å²) in [6.07, 6.45) is 4.92. The summed E-state index contributed by atoms with van der Waals surface area (Å²) in [5.41, 5.74) is 5.85. The highest BCUT2D eigenvalue weighted by Gasteiger charge is 2.25. The average Bonchev–Trinajstić information content (AvgIpc) is 2.70. The zero-order valence-corrected chi connectivity index (χ0v) is 10.4. The van der Waals surface area contributed by atoms with Crippen molar-refractivity contribution in [3.05, 3.63) is 0 Å². The van der Waals surface area contributed by atoms with Crippen molar-refractivity contribution in [2.45, 2.75) is 44.2 Å². The number of nitrogens with two attached hydrogens (primary N) is 1. The van der Waals surface area contributed by atoms with E-state index in [0.717, 1.165) is 45.4 Å². The molecular formula is C11H21ClN2O2. The highest BCUT2D eigenvalue weighted by molar-refractivity contribution is 5.85. The second-order valence-corrected chi connectivity index (χ2v) is 4.58. The van der Waals surface area contributed by atoms with Gasteiger partial charge in [0, 0.05) is 25.7 Å². The van der Waals surface area contributed by atoms with Crippen LogP contribution in [0.2, 0.25) is 0 Å². The molecule has 2 aliphatic rings. The van der Waals surface area contributed by atoms with Gasteiger partial charge in [-0.25, -0.2) is 0 Å². The van der Waals surface area contributed by atoms with Crippen LogP contribution in [0, 0.1) is 0 Å². The number of halogens is 1. The molecule has 4 nitrogen and oxygen atoms in total. The Balaban J connectivity index is 0.00000128. The molecule has 0 aromatic carbocycles. The number of hydrogen-bond donors (Lipinski definition) is 1. The van der Waals surface area contributed by atoms with E-state index in [-0.39, 0.29) is 30.5 Å². The highest BCUT2D eigenvalue weighted by Crippen LogP contribution is 2.18. The van der Waals surface area contributed by atoms with E-state index in [4.69, 9.17) is 10.5 Å². The van der Waals surface area contributed by atoms with E-state index in [2.05, 4.69) is 0 Å². The Morgan fingerprint density at radius 3 is 2.81 bits per heavy atom. The van der Waals surface area contributed by atoms with Gasteiger partial charge >= 0.3 is 0 Å². The SMILES string of the molecule is Cl.N[C@@H]1CCCN(C(=O)CC2CCCO2)C1. The first-order chi connectivity index (χ1) is 7.25. The molecule has 0 radical (unpaired) electrons. The number of nitrogens with zero attached hydrogens (tertiary/aromatic N) is 1. The second-order valence-electron chi connectivity index (χ2n) is 4.58. The quantitative estimate of drug-likeness (QED) is 0.791. The van der Waals surface area contributed by atoms with E-state index in [1.54, 1.807) is 0 Å². The molecule has 2 saturated heterocycles. The van der Waals surface area contributed by atoms with Gasteiger partial charge in [-0.05, 0) is 25.7 Å². The Morgan fingerprint density at radius 2 is 2.19 bits per heavy atom. The van der Waals surface area contributed by atoms with Gasteiger partial charge in [0.25, 0.3) is 0 Å². The van der Waals surface area contributed by atoms with E-state index < -0.39 is 0 Å². The third-order valence-corrected chi connectivity index (χ3v) is 3.24. The Labute approximate surface area is 103 Å². The summed E-state index contributed by atoms with van der Waals surface area (Å²) in [4.78, 5) is 13.8. The minimum atomic E-state index is 0. The normalized spacial score (nSPS) is 29.9. The molecule has 2 rings (SSSR count). The number of amides is 1. The zero-order chi connectivity index (χ0) is 10.7. The molecule has 1 unspecified atom stereocenters. The van der Waals surface area contributed by atoms with Gasteiger partial charge in [-0.2, -0.15) is 0 Å². The molecule has 5 heteroatoms. The monoisotopic (exact) mass is 248 g/mol. The van der Waals surface area contributed by atoms with Crippen LogP contribution in [0.5, 0.6) is 0 Å².